The van der Waals surface area contributed by atoms with Crippen LogP contribution >= 0.6 is 0 Å². The van der Waals surface area contributed by atoms with Crippen LogP contribution in [0, 0.1) is 5.92 Å². The summed E-state index contributed by atoms with van der Waals surface area (Å²) in [4.78, 5) is 26.3. The molecule has 1 unspecified atom stereocenters. The van der Waals surface area contributed by atoms with Crippen molar-refractivity contribution in [3.8, 4) is 0 Å². The highest BCUT2D eigenvalue weighted by Crippen LogP contribution is 2.29. The van der Waals surface area contributed by atoms with Crippen LogP contribution in [0.5, 0.6) is 0 Å². The average molecular weight is 336 g/mol. The number of hydrogen-bond donors (Lipinski definition) is 1. The van der Waals surface area contributed by atoms with E-state index in [0.29, 0.717) is 0 Å². The van der Waals surface area contributed by atoms with E-state index in [1.165, 1.54) is 16.3 Å². The minimum Gasteiger partial charge on any atom is -0.347 e. The van der Waals surface area contributed by atoms with Crippen molar-refractivity contribution in [3.63, 3.8) is 0 Å². The highest BCUT2D eigenvalue weighted by atomic mass is 16.2. The molecule has 2 aromatic carbocycles. The van der Waals surface area contributed by atoms with Crippen molar-refractivity contribution in [3.05, 3.63) is 48.0 Å². The molecule has 1 N–H and O–H groups in total. The smallest absolute Gasteiger partial charge is 0.242 e. The van der Waals surface area contributed by atoms with Crippen LogP contribution < -0.4 is 5.32 Å². The number of hydrogen-bond acceptors (Lipinski definition) is 2. The zero-order chi connectivity index (χ0) is 17.2. The van der Waals surface area contributed by atoms with E-state index >= 15 is 0 Å². The molecule has 1 saturated carbocycles. The van der Waals surface area contributed by atoms with Crippen LogP contribution in [0.2, 0.25) is 0 Å². The summed E-state index contributed by atoms with van der Waals surface area (Å²) < 4.78 is 0. The van der Waals surface area contributed by atoms with Crippen molar-refractivity contribution in [1.82, 2.24) is 10.2 Å². The van der Waals surface area contributed by atoms with Gasteiger partial charge in [-0.25, -0.2) is 0 Å². The molecule has 1 heterocycles. The van der Waals surface area contributed by atoms with Crippen molar-refractivity contribution in [2.45, 2.75) is 38.1 Å². The molecule has 2 aliphatic rings. The Kier molecular flexibility index (Phi) is 4.43. The second-order valence-corrected chi connectivity index (χ2v) is 7.22. The molecule has 2 amide bonds. The monoisotopic (exact) mass is 336 g/mol. The van der Waals surface area contributed by atoms with Gasteiger partial charge in [0.1, 0.15) is 0 Å². The van der Waals surface area contributed by atoms with Crippen LogP contribution in [0.15, 0.2) is 42.5 Å². The lowest BCUT2D eigenvalue weighted by atomic mass is 9.97. The van der Waals surface area contributed by atoms with E-state index in [9.17, 15) is 9.59 Å². The number of nitrogens with one attached hydrogen (secondary N) is 1. The highest BCUT2D eigenvalue weighted by molar-refractivity contribution is 5.88. The lowest BCUT2D eigenvalue weighted by molar-refractivity contribution is -0.133. The number of carbonyl (C=O) groups excluding carboxylic acids is 2. The van der Waals surface area contributed by atoms with Crippen molar-refractivity contribution in [1.29, 1.82) is 0 Å². The van der Waals surface area contributed by atoms with Gasteiger partial charge in [0.2, 0.25) is 11.8 Å². The highest BCUT2D eigenvalue weighted by Gasteiger charge is 2.32. The summed E-state index contributed by atoms with van der Waals surface area (Å²) in [6.45, 7) is 0.939. The molecule has 0 bridgehead atoms. The Balaban J connectivity index is 1.43. The summed E-state index contributed by atoms with van der Waals surface area (Å²) in [6.07, 6.45) is 4.88. The Morgan fingerprint density at radius 2 is 1.84 bits per heavy atom. The summed E-state index contributed by atoms with van der Waals surface area (Å²) >= 11 is 0. The molecule has 1 aliphatic heterocycles. The maximum atomic E-state index is 12.6. The maximum Gasteiger partial charge on any atom is 0.242 e. The largest absolute Gasteiger partial charge is 0.347 e. The molecule has 0 spiro atoms. The molecule has 4 heteroatoms. The van der Waals surface area contributed by atoms with Gasteiger partial charge in [0.05, 0.1) is 6.54 Å². The van der Waals surface area contributed by atoms with E-state index in [0.717, 1.165) is 38.6 Å². The number of benzene rings is 2. The molecule has 25 heavy (non-hydrogen) atoms. The quantitative estimate of drug-likeness (QED) is 0.913. The van der Waals surface area contributed by atoms with Gasteiger partial charge in [0, 0.05) is 18.5 Å². The Morgan fingerprint density at radius 3 is 2.68 bits per heavy atom. The van der Waals surface area contributed by atoms with E-state index in [4.69, 9.17) is 0 Å². The summed E-state index contributed by atoms with van der Waals surface area (Å²) in [5, 5.41) is 5.32. The van der Waals surface area contributed by atoms with Gasteiger partial charge in [-0.3, -0.25) is 9.59 Å². The third kappa shape index (κ3) is 3.53. The van der Waals surface area contributed by atoms with Crippen molar-refractivity contribution in [2.24, 2.45) is 5.92 Å². The van der Waals surface area contributed by atoms with E-state index < -0.39 is 0 Å². The average Bonchev–Trinajstić information content (AvgIpc) is 3.39. The van der Waals surface area contributed by atoms with Gasteiger partial charge >= 0.3 is 0 Å². The predicted octanol–water partition coefficient (Wildman–Crippen LogP) is 2.90. The Hall–Kier alpha value is -2.36. The molecule has 1 saturated heterocycles. The van der Waals surface area contributed by atoms with Crippen LogP contribution in [0.1, 0.15) is 31.2 Å². The summed E-state index contributed by atoms with van der Waals surface area (Å²) in [7, 11) is 0. The van der Waals surface area contributed by atoms with E-state index in [2.05, 4.69) is 47.8 Å². The number of fused-ring (bicyclic) bond motifs is 1. The first-order chi connectivity index (χ1) is 12.2. The van der Waals surface area contributed by atoms with Crippen LogP contribution in [0.3, 0.4) is 0 Å². The fourth-order valence-electron chi connectivity index (χ4n) is 3.85. The second-order valence-electron chi connectivity index (χ2n) is 7.22. The molecule has 0 aromatic heterocycles. The minimum atomic E-state index is 0.0400. The van der Waals surface area contributed by atoms with Gasteiger partial charge in [-0.1, -0.05) is 42.5 Å². The number of carbonyl (C=O) groups is 2. The number of nitrogens with zero attached hydrogens (tertiary/aromatic N) is 1. The molecule has 0 radical (unpaired) electrons. The zero-order valence-corrected chi connectivity index (χ0v) is 14.4. The normalized spacial score (nSPS) is 20.0. The van der Waals surface area contributed by atoms with Crippen molar-refractivity contribution < 1.29 is 9.59 Å². The molecule has 1 aliphatic carbocycles. The van der Waals surface area contributed by atoms with Crippen LogP contribution in [-0.4, -0.2) is 35.8 Å². The maximum absolute atomic E-state index is 12.6. The Morgan fingerprint density at radius 1 is 1.04 bits per heavy atom. The number of likely N-dealkylation sites (tertiary alicyclic amines) is 1. The Bertz CT molecular complexity index is 792. The topological polar surface area (TPSA) is 49.4 Å². The molecule has 4 rings (SSSR count). The van der Waals surface area contributed by atoms with Gasteiger partial charge in [-0.15, -0.1) is 0 Å². The Labute approximate surface area is 148 Å². The van der Waals surface area contributed by atoms with E-state index in [1.807, 2.05) is 4.90 Å². The summed E-state index contributed by atoms with van der Waals surface area (Å²) in [5.41, 5.74) is 1.30. The first-order valence-electron chi connectivity index (χ1n) is 9.26. The zero-order valence-electron chi connectivity index (χ0n) is 14.4. The summed E-state index contributed by atoms with van der Waals surface area (Å²) in [6, 6.07) is 15.0. The van der Waals surface area contributed by atoms with Gasteiger partial charge in [0.15, 0.2) is 0 Å². The molecule has 1 atom stereocenters. The van der Waals surface area contributed by atoms with E-state index in [-0.39, 0.29) is 30.3 Å². The first-order valence-corrected chi connectivity index (χ1v) is 9.26. The fourth-order valence-corrected chi connectivity index (χ4v) is 3.85. The van der Waals surface area contributed by atoms with Crippen LogP contribution in [0.25, 0.3) is 10.8 Å². The first kappa shape index (κ1) is 16.1. The van der Waals surface area contributed by atoms with Crippen LogP contribution in [0.4, 0.5) is 0 Å². The lowest BCUT2D eigenvalue weighted by Crippen LogP contribution is -2.43. The third-order valence-electron chi connectivity index (χ3n) is 5.39. The fraction of sp³-hybridized carbons (Fsp3) is 0.429. The van der Waals surface area contributed by atoms with Crippen LogP contribution in [-0.2, 0) is 16.0 Å². The van der Waals surface area contributed by atoms with Gasteiger partial charge in [0.25, 0.3) is 0 Å². The third-order valence-corrected chi connectivity index (χ3v) is 5.39. The van der Waals surface area contributed by atoms with Crippen molar-refractivity contribution >= 4 is 22.6 Å². The lowest BCUT2D eigenvalue weighted by Gasteiger charge is -2.25. The predicted molar refractivity (Wildman–Crippen MR) is 98.1 cm³/mol. The molecule has 4 nitrogen and oxygen atoms in total. The number of amides is 2. The molecule has 130 valence electrons. The van der Waals surface area contributed by atoms with Gasteiger partial charge in [-0.05, 0) is 48.4 Å². The molecule has 2 aromatic rings. The molecule has 2 fully saturated rings. The number of rotatable bonds is 5. The molecular formula is C21H24N2O2. The summed E-state index contributed by atoms with van der Waals surface area (Å²) in [5.74, 6) is 0.243. The van der Waals surface area contributed by atoms with Crippen molar-refractivity contribution in [2.75, 3.05) is 13.1 Å². The standard InChI is InChI=1S/C21H24N2O2/c24-20(14-22-21(25)16-10-11-16)23-12-4-8-18(23)13-17-7-3-6-15-5-1-2-9-19(15)17/h1-3,5-7,9,16,18H,4,8,10-14H2,(H,22,25). The SMILES string of the molecule is O=C(NCC(=O)N1CCCC1Cc1cccc2ccccc12)C1CC1. The second kappa shape index (κ2) is 6.87. The van der Waals surface area contributed by atoms with Gasteiger partial charge in [-0.2, -0.15) is 0 Å². The van der Waals surface area contributed by atoms with Gasteiger partial charge < -0.3 is 10.2 Å². The minimum absolute atomic E-state index is 0.0400. The van der Waals surface area contributed by atoms with E-state index in [1.54, 1.807) is 0 Å². The molecular weight excluding hydrogens is 312 g/mol.